The molecule has 128 valence electrons. The quantitative estimate of drug-likeness (QED) is 0.722. The minimum Gasteiger partial charge on any atom is -0.507 e. The van der Waals surface area contributed by atoms with Gasteiger partial charge in [0.05, 0.1) is 15.6 Å². The van der Waals surface area contributed by atoms with E-state index >= 15 is 0 Å². The summed E-state index contributed by atoms with van der Waals surface area (Å²) in [5.74, 6) is -0.178. The molecule has 0 saturated heterocycles. The predicted octanol–water partition coefficient (Wildman–Crippen LogP) is 4.22. The Hall–Kier alpha value is -2.66. The van der Waals surface area contributed by atoms with Gasteiger partial charge in [0.2, 0.25) is 5.91 Å². The normalized spacial score (nSPS) is 10.8. The number of benzene rings is 2. The van der Waals surface area contributed by atoms with Gasteiger partial charge in [-0.05, 0) is 37.5 Å². The Bertz CT molecular complexity index is 917. The summed E-state index contributed by atoms with van der Waals surface area (Å²) in [5.41, 5.74) is 9.64. The van der Waals surface area contributed by atoms with E-state index in [-0.39, 0.29) is 18.1 Å². The van der Waals surface area contributed by atoms with Crippen LogP contribution in [0.3, 0.4) is 0 Å². The van der Waals surface area contributed by atoms with Gasteiger partial charge in [-0.15, -0.1) is 11.3 Å². The number of aromatic hydroxyl groups is 1. The Kier molecular flexibility index (Phi) is 4.86. The van der Waals surface area contributed by atoms with Gasteiger partial charge in [-0.3, -0.25) is 4.79 Å². The number of aryl methyl sites for hydroxylation is 2. The number of carbonyl (C=O) groups is 1. The van der Waals surface area contributed by atoms with Crippen molar-refractivity contribution in [2.75, 3.05) is 0 Å². The second kappa shape index (κ2) is 7.07. The van der Waals surface area contributed by atoms with E-state index in [9.17, 15) is 9.90 Å². The third-order valence-corrected chi connectivity index (χ3v) is 5.24. The summed E-state index contributed by atoms with van der Waals surface area (Å²) in [6.45, 7) is 3.89. The largest absolute Gasteiger partial charge is 0.507 e. The maximum atomic E-state index is 11.3. The van der Waals surface area contributed by atoms with Gasteiger partial charge in [-0.2, -0.15) is 0 Å². The number of phenols is 1. The van der Waals surface area contributed by atoms with E-state index in [0.29, 0.717) is 6.42 Å². The second-order valence-electron chi connectivity index (χ2n) is 5.97. The van der Waals surface area contributed by atoms with Gasteiger partial charge >= 0.3 is 0 Å². The number of rotatable bonds is 5. The molecule has 3 N–H and O–H groups in total. The van der Waals surface area contributed by atoms with Crippen molar-refractivity contribution < 1.29 is 9.90 Å². The van der Waals surface area contributed by atoms with E-state index in [1.54, 1.807) is 11.3 Å². The number of hydrogen-bond acceptors (Lipinski definition) is 4. The number of primary amides is 1. The standard InChI is InChI=1S/C20H20N2O2S/c1-12-20(25-13(2)22-12)17-9-8-15(14-6-4-3-5-7-14)16(19(17)24)10-11-18(21)23/h3-9,24H,10-11H2,1-2H3,(H2,21,23). The third-order valence-electron chi connectivity index (χ3n) is 4.14. The first-order valence-electron chi connectivity index (χ1n) is 8.10. The molecule has 3 rings (SSSR count). The monoisotopic (exact) mass is 352 g/mol. The van der Waals surface area contributed by atoms with E-state index < -0.39 is 0 Å². The minimum absolute atomic E-state index is 0.192. The summed E-state index contributed by atoms with van der Waals surface area (Å²) >= 11 is 1.55. The fourth-order valence-electron chi connectivity index (χ4n) is 2.99. The molecule has 25 heavy (non-hydrogen) atoms. The molecule has 0 fully saturated rings. The highest BCUT2D eigenvalue weighted by atomic mass is 32.1. The summed E-state index contributed by atoms with van der Waals surface area (Å²) in [4.78, 5) is 16.7. The van der Waals surface area contributed by atoms with Crippen LogP contribution in [0.2, 0.25) is 0 Å². The summed E-state index contributed by atoms with van der Waals surface area (Å²) in [6, 6.07) is 13.8. The zero-order valence-corrected chi connectivity index (χ0v) is 15.1. The van der Waals surface area contributed by atoms with Crippen molar-refractivity contribution in [1.82, 2.24) is 4.98 Å². The highest BCUT2D eigenvalue weighted by Crippen LogP contribution is 2.42. The van der Waals surface area contributed by atoms with Gasteiger partial charge in [-0.1, -0.05) is 36.4 Å². The van der Waals surface area contributed by atoms with E-state index in [1.807, 2.05) is 56.3 Å². The molecule has 2 aromatic carbocycles. The molecule has 0 aliphatic carbocycles. The molecule has 4 nitrogen and oxygen atoms in total. The first-order chi connectivity index (χ1) is 12.0. The Morgan fingerprint density at radius 3 is 2.40 bits per heavy atom. The van der Waals surface area contributed by atoms with Gasteiger partial charge in [0.1, 0.15) is 5.75 Å². The zero-order chi connectivity index (χ0) is 18.0. The van der Waals surface area contributed by atoms with Crippen LogP contribution in [-0.4, -0.2) is 16.0 Å². The van der Waals surface area contributed by atoms with Crippen molar-refractivity contribution in [3.63, 3.8) is 0 Å². The Labute approximate surface area is 151 Å². The maximum absolute atomic E-state index is 11.3. The van der Waals surface area contributed by atoms with Crippen LogP contribution in [-0.2, 0) is 11.2 Å². The molecular weight excluding hydrogens is 332 g/mol. The first-order valence-corrected chi connectivity index (χ1v) is 8.92. The molecular formula is C20H20N2O2S. The summed E-state index contributed by atoms with van der Waals surface area (Å²) in [5, 5.41) is 11.9. The average molecular weight is 352 g/mol. The van der Waals surface area contributed by atoms with Gasteiger partial charge in [0.15, 0.2) is 0 Å². The number of nitrogens with zero attached hydrogens (tertiary/aromatic N) is 1. The van der Waals surface area contributed by atoms with Crippen molar-refractivity contribution in [3.8, 4) is 27.3 Å². The molecule has 0 unspecified atom stereocenters. The van der Waals surface area contributed by atoms with Crippen LogP contribution in [0.15, 0.2) is 42.5 Å². The van der Waals surface area contributed by atoms with Gasteiger partial charge in [-0.25, -0.2) is 4.98 Å². The molecule has 0 aliphatic rings. The van der Waals surface area contributed by atoms with Gasteiger partial charge in [0.25, 0.3) is 0 Å². The first kappa shape index (κ1) is 17.2. The van der Waals surface area contributed by atoms with Crippen LogP contribution in [0.4, 0.5) is 0 Å². The fourth-order valence-corrected chi connectivity index (χ4v) is 3.94. The van der Waals surface area contributed by atoms with Crippen molar-refractivity contribution in [1.29, 1.82) is 0 Å². The second-order valence-corrected chi connectivity index (χ2v) is 7.17. The molecule has 5 heteroatoms. The van der Waals surface area contributed by atoms with E-state index in [2.05, 4.69) is 4.98 Å². The molecule has 0 atom stereocenters. The smallest absolute Gasteiger partial charge is 0.217 e. The fraction of sp³-hybridized carbons (Fsp3) is 0.200. The summed E-state index contributed by atoms with van der Waals surface area (Å²) in [6.07, 6.45) is 0.591. The number of aromatic nitrogens is 1. The Morgan fingerprint density at radius 2 is 1.80 bits per heavy atom. The van der Waals surface area contributed by atoms with Crippen LogP contribution in [0.1, 0.15) is 22.7 Å². The third kappa shape index (κ3) is 3.56. The lowest BCUT2D eigenvalue weighted by Gasteiger charge is -2.15. The lowest BCUT2D eigenvalue weighted by atomic mass is 9.92. The van der Waals surface area contributed by atoms with Gasteiger partial charge in [0, 0.05) is 17.5 Å². The molecule has 0 bridgehead atoms. The van der Waals surface area contributed by atoms with Crippen LogP contribution >= 0.6 is 11.3 Å². The number of amides is 1. The van der Waals surface area contributed by atoms with Crippen molar-refractivity contribution in [2.24, 2.45) is 5.73 Å². The van der Waals surface area contributed by atoms with E-state index in [0.717, 1.165) is 37.8 Å². The number of thiazole rings is 1. The Morgan fingerprint density at radius 1 is 1.12 bits per heavy atom. The highest BCUT2D eigenvalue weighted by molar-refractivity contribution is 7.15. The van der Waals surface area contributed by atoms with E-state index in [4.69, 9.17) is 5.73 Å². The number of nitrogens with two attached hydrogens (primary N) is 1. The SMILES string of the molecule is Cc1nc(C)c(-c2ccc(-c3ccccc3)c(CCC(N)=O)c2O)s1. The molecule has 1 aromatic heterocycles. The maximum Gasteiger partial charge on any atom is 0.217 e. The van der Waals surface area contributed by atoms with E-state index in [1.165, 1.54) is 0 Å². The molecule has 0 saturated carbocycles. The summed E-state index contributed by atoms with van der Waals surface area (Å²) in [7, 11) is 0. The molecule has 0 radical (unpaired) electrons. The van der Waals surface area contributed by atoms with Gasteiger partial charge < -0.3 is 10.8 Å². The summed E-state index contributed by atoms with van der Waals surface area (Å²) < 4.78 is 0. The average Bonchev–Trinajstić information content (AvgIpc) is 2.92. The zero-order valence-electron chi connectivity index (χ0n) is 14.2. The topological polar surface area (TPSA) is 76.2 Å². The van der Waals surface area contributed by atoms with Crippen LogP contribution in [0.5, 0.6) is 5.75 Å². The molecule has 0 aliphatic heterocycles. The molecule has 1 heterocycles. The highest BCUT2D eigenvalue weighted by Gasteiger charge is 2.18. The molecule has 3 aromatic rings. The van der Waals surface area contributed by atoms with Crippen LogP contribution < -0.4 is 5.73 Å². The number of carbonyl (C=O) groups excluding carboxylic acids is 1. The van der Waals surface area contributed by atoms with Crippen molar-refractivity contribution in [2.45, 2.75) is 26.7 Å². The molecule has 1 amide bonds. The predicted molar refractivity (Wildman–Crippen MR) is 102 cm³/mol. The lowest BCUT2D eigenvalue weighted by molar-refractivity contribution is -0.117. The number of phenolic OH excluding ortho intramolecular Hbond substituents is 1. The lowest BCUT2D eigenvalue weighted by Crippen LogP contribution is -2.11. The number of hydrogen-bond donors (Lipinski definition) is 2. The Balaban J connectivity index is 2.16. The van der Waals surface area contributed by atoms with Crippen molar-refractivity contribution >= 4 is 17.2 Å². The molecule has 0 spiro atoms. The van der Waals surface area contributed by atoms with Crippen LogP contribution in [0, 0.1) is 13.8 Å². The van der Waals surface area contributed by atoms with Crippen molar-refractivity contribution in [3.05, 3.63) is 58.7 Å². The van der Waals surface area contributed by atoms with Crippen LogP contribution in [0.25, 0.3) is 21.6 Å². The minimum atomic E-state index is -0.381.